The third-order valence-corrected chi connectivity index (χ3v) is 3.18. The first-order valence-electron chi connectivity index (χ1n) is 7.48. The second-order valence-corrected chi connectivity index (χ2v) is 5.04. The number of nitrogens with zero attached hydrogens (tertiary/aromatic N) is 2. The summed E-state index contributed by atoms with van der Waals surface area (Å²) in [7, 11) is 0. The standard InChI is InChI=1S/C17H23N3O/c1-3-18-13-16-11-14(2)20-17(12-16)21-10-4-5-15-6-8-19-9-7-15/h6-9,11-12,18H,3-5,10,13H2,1-2H3. The lowest BCUT2D eigenvalue weighted by atomic mass is 10.1. The van der Waals surface area contributed by atoms with E-state index in [-0.39, 0.29) is 0 Å². The van der Waals surface area contributed by atoms with Gasteiger partial charge in [-0.15, -0.1) is 0 Å². The first kappa shape index (κ1) is 15.4. The molecule has 2 aromatic heterocycles. The van der Waals surface area contributed by atoms with Crippen LogP contribution in [0.5, 0.6) is 5.88 Å². The number of hydrogen-bond donors (Lipinski definition) is 1. The van der Waals surface area contributed by atoms with Crippen LogP contribution in [0.15, 0.2) is 36.7 Å². The smallest absolute Gasteiger partial charge is 0.213 e. The fraction of sp³-hybridized carbons (Fsp3) is 0.412. The van der Waals surface area contributed by atoms with Crippen molar-refractivity contribution in [3.05, 3.63) is 53.5 Å². The van der Waals surface area contributed by atoms with Crippen molar-refractivity contribution < 1.29 is 4.74 Å². The van der Waals surface area contributed by atoms with Crippen molar-refractivity contribution in [3.63, 3.8) is 0 Å². The molecule has 21 heavy (non-hydrogen) atoms. The number of ether oxygens (including phenoxy) is 1. The Balaban J connectivity index is 1.81. The summed E-state index contributed by atoms with van der Waals surface area (Å²) >= 11 is 0. The zero-order valence-corrected chi connectivity index (χ0v) is 12.8. The minimum atomic E-state index is 0.680. The van der Waals surface area contributed by atoms with Gasteiger partial charge in [-0.05, 0) is 55.6 Å². The Morgan fingerprint density at radius 3 is 2.71 bits per heavy atom. The Labute approximate surface area is 126 Å². The Hall–Kier alpha value is -1.94. The average Bonchev–Trinajstić information content (AvgIpc) is 2.50. The summed E-state index contributed by atoms with van der Waals surface area (Å²) in [4.78, 5) is 8.44. The van der Waals surface area contributed by atoms with Gasteiger partial charge in [0.15, 0.2) is 0 Å². The minimum absolute atomic E-state index is 0.680. The van der Waals surface area contributed by atoms with Crippen molar-refractivity contribution in [2.45, 2.75) is 33.2 Å². The molecule has 0 aromatic carbocycles. The van der Waals surface area contributed by atoms with Crippen molar-refractivity contribution in [2.24, 2.45) is 0 Å². The normalized spacial score (nSPS) is 10.6. The lowest BCUT2D eigenvalue weighted by Crippen LogP contribution is -2.12. The predicted octanol–water partition coefficient (Wildman–Crippen LogP) is 2.91. The van der Waals surface area contributed by atoms with Gasteiger partial charge in [0.05, 0.1) is 6.61 Å². The summed E-state index contributed by atoms with van der Waals surface area (Å²) in [5, 5.41) is 3.32. The van der Waals surface area contributed by atoms with E-state index in [1.165, 1.54) is 11.1 Å². The van der Waals surface area contributed by atoms with Gasteiger partial charge in [-0.2, -0.15) is 0 Å². The minimum Gasteiger partial charge on any atom is -0.478 e. The molecule has 4 heteroatoms. The maximum atomic E-state index is 5.77. The van der Waals surface area contributed by atoms with Gasteiger partial charge in [0.1, 0.15) is 0 Å². The third-order valence-electron chi connectivity index (χ3n) is 3.18. The molecule has 0 saturated carbocycles. The van der Waals surface area contributed by atoms with Gasteiger partial charge < -0.3 is 10.1 Å². The van der Waals surface area contributed by atoms with Crippen LogP contribution in [-0.4, -0.2) is 23.1 Å². The van der Waals surface area contributed by atoms with Crippen molar-refractivity contribution in [1.29, 1.82) is 0 Å². The van der Waals surface area contributed by atoms with Gasteiger partial charge in [0.25, 0.3) is 0 Å². The van der Waals surface area contributed by atoms with Crippen molar-refractivity contribution in [2.75, 3.05) is 13.2 Å². The topological polar surface area (TPSA) is 47.0 Å². The first-order valence-corrected chi connectivity index (χ1v) is 7.48. The summed E-state index contributed by atoms with van der Waals surface area (Å²) in [5.74, 6) is 0.720. The SMILES string of the molecule is CCNCc1cc(C)nc(OCCCc2ccncc2)c1. The molecule has 2 heterocycles. The first-order chi connectivity index (χ1) is 10.3. The van der Waals surface area contributed by atoms with Crippen LogP contribution in [0, 0.1) is 6.92 Å². The fourth-order valence-electron chi connectivity index (χ4n) is 2.15. The zero-order chi connectivity index (χ0) is 14.9. The highest BCUT2D eigenvalue weighted by molar-refractivity contribution is 5.24. The van der Waals surface area contributed by atoms with E-state index in [0.717, 1.165) is 37.5 Å². The molecule has 0 bridgehead atoms. The van der Waals surface area contributed by atoms with E-state index in [0.29, 0.717) is 6.61 Å². The number of nitrogens with one attached hydrogen (secondary N) is 1. The molecule has 0 fully saturated rings. The number of pyridine rings is 2. The molecule has 2 aromatic rings. The second kappa shape index (κ2) is 8.37. The molecule has 0 aliphatic heterocycles. The Bertz CT molecular complexity index is 543. The molecule has 0 saturated heterocycles. The molecule has 112 valence electrons. The van der Waals surface area contributed by atoms with Crippen molar-refractivity contribution in [1.82, 2.24) is 15.3 Å². The average molecular weight is 285 g/mol. The van der Waals surface area contributed by atoms with Gasteiger partial charge >= 0.3 is 0 Å². The molecular formula is C17H23N3O. The van der Waals surface area contributed by atoms with Crippen LogP contribution in [0.4, 0.5) is 0 Å². The van der Waals surface area contributed by atoms with Crippen molar-refractivity contribution in [3.8, 4) is 5.88 Å². The van der Waals surface area contributed by atoms with Crippen molar-refractivity contribution >= 4 is 0 Å². The molecule has 0 aliphatic carbocycles. The molecule has 2 rings (SSSR count). The van der Waals surface area contributed by atoms with Crippen LogP contribution in [0.25, 0.3) is 0 Å². The summed E-state index contributed by atoms with van der Waals surface area (Å²) < 4.78 is 5.77. The van der Waals surface area contributed by atoms with Crippen LogP contribution in [0.2, 0.25) is 0 Å². The van der Waals surface area contributed by atoms with Crippen LogP contribution < -0.4 is 10.1 Å². The van der Waals surface area contributed by atoms with E-state index in [2.05, 4.69) is 28.3 Å². The highest BCUT2D eigenvalue weighted by Crippen LogP contribution is 2.13. The van der Waals surface area contributed by atoms with Crippen LogP contribution in [0.3, 0.4) is 0 Å². The molecule has 0 aliphatic rings. The van der Waals surface area contributed by atoms with E-state index in [1.54, 1.807) is 0 Å². The number of aromatic nitrogens is 2. The van der Waals surface area contributed by atoms with Gasteiger partial charge in [0.2, 0.25) is 5.88 Å². The van der Waals surface area contributed by atoms with Crippen LogP contribution in [0.1, 0.15) is 30.2 Å². The second-order valence-electron chi connectivity index (χ2n) is 5.04. The van der Waals surface area contributed by atoms with E-state index < -0.39 is 0 Å². The molecule has 0 radical (unpaired) electrons. The fourth-order valence-corrected chi connectivity index (χ4v) is 2.15. The van der Waals surface area contributed by atoms with Gasteiger partial charge in [-0.1, -0.05) is 6.92 Å². The molecule has 4 nitrogen and oxygen atoms in total. The highest BCUT2D eigenvalue weighted by Gasteiger charge is 2.01. The largest absolute Gasteiger partial charge is 0.478 e. The lowest BCUT2D eigenvalue weighted by Gasteiger charge is -2.09. The molecule has 0 amide bonds. The number of aryl methyl sites for hydroxylation is 2. The quantitative estimate of drug-likeness (QED) is 0.758. The third kappa shape index (κ3) is 5.52. The monoisotopic (exact) mass is 285 g/mol. The Kier molecular flexibility index (Phi) is 6.16. The van der Waals surface area contributed by atoms with Crippen LogP contribution >= 0.6 is 0 Å². The molecule has 0 unspecified atom stereocenters. The van der Waals surface area contributed by atoms with E-state index in [9.17, 15) is 0 Å². The summed E-state index contributed by atoms with van der Waals surface area (Å²) in [6.07, 6.45) is 5.62. The highest BCUT2D eigenvalue weighted by atomic mass is 16.5. The van der Waals surface area contributed by atoms with E-state index >= 15 is 0 Å². The maximum absolute atomic E-state index is 5.77. The van der Waals surface area contributed by atoms with Gasteiger partial charge in [-0.25, -0.2) is 4.98 Å². The maximum Gasteiger partial charge on any atom is 0.213 e. The lowest BCUT2D eigenvalue weighted by molar-refractivity contribution is 0.298. The summed E-state index contributed by atoms with van der Waals surface area (Å²) in [6.45, 7) is 6.60. The number of rotatable bonds is 8. The van der Waals surface area contributed by atoms with E-state index in [1.807, 2.05) is 37.5 Å². The summed E-state index contributed by atoms with van der Waals surface area (Å²) in [6, 6.07) is 8.19. The predicted molar refractivity (Wildman–Crippen MR) is 84.4 cm³/mol. The number of hydrogen-bond acceptors (Lipinski definition) is 4. The molecule has 0 atom stereocenters. The Morgan fingerprint density at radius 2 is 1.95 bits per heavy atom. The van der Waals surface area contributed by atoms with Gasteiger partial charge in [-0.3, -0.25) is 4.98 Å². The molecular weight excluding hydrogens is 262 g/mol. The molecule has 1 N–H and O–H groups in total. The zero-order valence-electron chi connectivity index (χ0n) is 12.8. The molecule has 0 spiro atoms. The van der Waals surface area contributed by atoms with Crippen LogP contribution in [-0.2, 0) is 13.0 Å². The van der Waals surface area contributed by atoms with E-state index in [4.69, 9.17) is 4.74 Å². The summed E-state index contributed by atoms with van der Waals surface area (Å²) in [5.41, 5.74) is 3.50. The Morgan fingerprint density at radius 1 is 1.14 bits per heavy atom. The van der Waals surface area contributed by atoms with Gasteiger partial charge in [0, 0.05) is 30.7 Å².